The molecule has 0 radical (unpaired) electrons. The molecule has 6 heteroatoms. The van der Waals surface area contributed by atoms with Gasteiger partial charge in [-0.3, -0.25) is 0 Å². The molecule has 2 aliphatic rings. The van der Waals surface area contributed by atoms with E-state index in [1.54, 1.807) is 11.9 Å². The van der Waals surface area contributed by atoms with Gasteiger partial charge in [0.2, 0.25) is 0 Å². The zero-order valence-corrected chi connectivity index (χ0v) is 11.3. The minimum atomic E-state index is -1.04. The number of aliphatic carboxylic acids is 1. The number of rotatable bonds is 2. The Kier molecular flexibility index (Phi) is 4.29. The first-order valence-corrected chi connectivity index (χ1v) is 6.95. The summed E-state index contributed by atoms with van der Waals surface area (Å²) in [7, 11) is 1.74. The topological polar surface area (TPSA) is 81.1 Å². The third-order valence-corrected chi connectivity index (χ3v) is 4.23. The van der Waals surface area contributed by atoms with Gasteiger partial charge in [-0.1, -0.05) is 19.3 Å². The number of β-amino-alcohol motifs (C(OH)–C–C–N with tert-alkyl or cyclic N) is 1. The monoisotopic (exact) mass is 270 g/mol. The molecule has 6 nitrogen and oxygen atoms in total. The summed E-state index contributed by atoms with van der Waals surface area (Å²) in [6, 6.07) is -0.960. The number of nitrogens with zero attached hydrogens (tertiary/aromatic N) is 2. The van der Waals surface area contributed by atoms with Gasteiger partial charge in [0, 0.05) is 26.1 Å². The molecule has 2 N–H and O–H groups in total. The molecule has 0 bridgehead atoms. The van der Waals surface area contributed by atoms with Gasteiger partial charge in [-0.05, 0) is 12.8 Å². The van der Waals surface area contributed by atoms with Crippen molar-refractivity contribution in [1.29, 1.82) is 0 Å². The maximum Gasteiger partial charge on any atom is 0.326 e. The van der Waals surface area contributed by atoms with Gasteiger partial charge < -0.3 is 20.0 Å². The fourth-order valence-corrected chi connectivity index (χ4v) is 3.09. The third kappa shape index (κ3) is 3.00. The van der Waals surface area contributed by atoms with E-state index in [9.17, 15) is 14.7 Å². The Labute approximate surface area is 113 Å². The molecule has 2 amide bonds. The van der Waals surface area contributed by atoms with Gasteiger partial charge in [-0.2, -0.15) is 0 Å². The second-order valence-corrected chi connectivity index (χ2v) is 5.58. The van der Waals surface area contributed by atoms with Gasteiger partial charge in [-0.15, -0.1) is 0 Å². The predicted octanol–water partition coefficient (Wildman–Crippen LogP) is 0.891. The van der Waals surface area contributed by atoms with Crippen molar-refractivity contribution >= 4 is 12.0 Å². The van der Waals surface area contributed by atoms with Crippen LogP contribution < -0.4 is 0 Å². The van der Waals surface area contributed by atoms with E-state index in [4.69, 9.17) is 5.11 Å². The zero-order chi connectivity index (χ0) is 14.0. The first-order chi connectivity index (χ1) is 9.00. The molecule has 0 aromatic heterocycles. The zero-order valence-electron chi connectivity index (χ0n) is 11.3. The van der Waals surface area contributed by atoms with E-state index >= 15 is 0 Å². The van der Waals surface area contributed by atoms with Crippen LogP contribution in [0.5, 0.6) is 0 Å². The average molecular weight is 270 g/mol. The van der Waals surface area contributed by atoms with E-state index in [1.807, 2.05) is 0 Å². The number of carbonyl (C=O) groups is 2. The fraction of sp³-hybridized carbons (Fsp3) is 0.846. The highest BCUT2D eigenvalue weighted by molar-refractivity contribution is 5.83. The molecule has 0 aromatic carbocycles. The molecule has 2 fully saturated rings. The van der Waals surface area contributed by atoms with Crippen molar-refractivity contribution in [3.05, 3.63) is 0 Å². The maximum absolute atomic E-state index is 12.4. The quantitative estimate of drug-likeness (QED) is 0.781. The van der Waals surface area contributed by atoms with Crippen molar-refractivity contribution in [2.45, 2.75) is 56.7 Å². The summed E-state index contributed by atoms with van der Waals surface area (Å²) < 4.78 is 0. The molecule has 108 valence electrons. The Morgan fingerprint density at radius 2 is 1.84 bits per heavy atom. The second-order valence-electron chi connectivity index (χ2n) is 5.58. The van der Waals surface area contributed by atoms with Crippen LogP contribution in [-0.4, -0.2) is 63.8 Å². The van der Waals surface area contributed by atoms with Crippen LogP contribution >= 0.6 is 0 Å². The molecule has 0 spiro atoms. The number of aliphatic hydroxyl groups excluding tert-OH is 1. The highest BCUT2D eigenvalue weighted by atomic mass is 16.4. The number of carboxylic acids is 1. The molecule has 1 heterocycles. The number of urea groups is 1. The van der Waals surface area contributed by atoms with Crippen LogP contribution in [0, 0.1) is 0 Å². The summed E-state index contributed by atoms with van der Waals surface area (Å²) in [6.45, 7) is 0.118. The number of carbonyl (C=O) groups excluding carboxylic acids is 1. The Morgan fingerprint density at radius 3 is 2.42 bits per heavy atom. The summed E-state index contributed by atoms with van der Waals surface area (Å²) in [4.78, 5) is 26.5. The van der Waals surface area contributed by atoms with E-state index in [-0.39, 0.29) is 25.0 Å². The Morgan fingerprint density at radius 1 is 1.21 bits per heavy atom. The van der Waals surface area contributed by atoms with E-state index in [0.29, 0.717) is 0 Å². The predicted molar refractivity (Wildman–Crippen MR) is 68.8 cm³/mol. The number of aliphatic hydroxyl groups is 1. The Bertz CT molecular complexity index is 355. The molecule has 1 saturated carbocycles. The van der Waals surface area contributed by atoms with E-state index in [0.717, 1.165) is 25.7 Å². The normalized spacial score (nSPS) is 28.4. The average Bonchev–Trinajstić information content (AvgIpc) is 2.80. The molecule has 19 heavy (non-hydrogen) atoms. The van der Waals surface area contributed by atoms with E-state index in [2.05, 4.69) is 0 Å². The maximum atomic E-state index is 12.4. The molecule has 2 rings (SSSR count). The van der Waals surface area contributed by atoms with Crippen molar-refractivity contribution in [3.8, 4) is 0 Å². The SMILES string of the molecule is CN(C(=O)N1C[C@H](O)C[C@H]1C(=O)O)C1CCCCC1. The van der Waals surface area contributed by atoms with Gasteiger partial charge in [0.25, 0.3) is 0 Å². The smallest absolute Gasteiger partial charge is 0.326 e. The van der Waals surface area contributed by atoms with Crippen molar-refractivity contribution in [1.82, 2.24) is 9.80 Å². The van der Waals surface area contributed by atoms with Crippen LogP contribution in [0.4, 0.5) is 4.79 Å². The van der Waals surface area contributed by atoms with Gasteiger partial charge in [0.05, 0.1) is 6.10 Å². The third-order valence-electron chi connectivity index (χ3n) is 4.23. The molecule has 2 atom stereocenters. The lowest BCUT2D eigenvalue weighted by atomic mass is 9.95. The van der Waals surface area contributed by atoms with E-state index < -0.39 is 18.1 Å². The Balaban J connectivity index is 2.02. The molecule has 1 aliphatic heterocycles. The molecular formula is C13H22N2O4. The number of amides is 2. The lowest BCUT2D eigenvalue weighted by molar-refractivity contribution is -0.141. The summed E-state index contributed by atoms with van der Waals surface area (Å²) in [6.07, 6.45) is 4.80. The van der Waals surface area contributed by atoms with Crippen LogP contribution in [0.15, 0.2) is 0 Å². The fourth-order valence-electron chi connectivity index (χ4n) is 3.09. The van der Waals surface area contributed by atoms with Crippen molar-refractivity contribution in [2.75, 3.05) is 13.6 Å². The largest absolute Gasteiger partial charge is 0.480 e. The number of carboxylic acid groups (broad SMARTS) is 1. The van der Waals surface area contributed by atoms with Crippen LogP contribution in [0.3, 0.4) is 0 Å². The highest BCUT2D eigenvalue weighted by Gasteiger charge is 2.41. The van der Waals surface area contributed by atoms with Gasteiger partial charge >= 0.3 is 12.0 Å². The van der Waals surface area contributed by atoms with Crippen molar-refractivity contribution in [2.24, 2.45) is 0 Å². The minimum absolute atomic E-state index is 0.118. The molecule has 0 aromatic rings. The molecule has 0 unspecified atom stereocenters. The first kappa shape index (κ1) is 14.1. The summed E-state index contributed by atoms with van der Waals surface area (Å²) in [5.41, 5.74) is 0. The highest BCUT2D eigenvalue weighted by Crippen LogP contribution is 2.25. The first-order valence-electron chi connectivity index (χ1n) is 6.95. The Hall–Kier alpha value is -1.30. The van der Waals surface area contributed by atoms with Gasteiger partial charge in [0.15, 0.2) is 0 Å². The lowest BCUT2D eigenvalue weighted by Gasteiger charge is -2.35. The number of likely N-dealkylation sites (tertiary alicyclic amines) is 1. The standard InChI is InChI=1S/C13H22N2O4/c1-14(9-5-3-2-4-6-9)13(19)15-8-10(16)7-11(15)12(17)18/h9-11,16H,2-8H2,1H3,(H,17,18)/t10-,11+/m1/s1. The van der Waals surface area contributed by atoms with Gasteiger partial charge in [0.1, 0.15) is 6.04 Å². The second kappa shape index (κ2) is 5.77. The van der Waals surface area contributed by atoms with Crippen molar-refractivity contribution in [3.63, 3.8) is 0 Å². The van der Waals surface area contributed by atoms with Gasteiger partial charge in [-0.25, -0.2) is 9.59 Å². The summed E-state index contributed by atoms with van der Waals surface area (Å²) >= 11 is 0. The van der Waals surface area contributed by atoms with Crippen LogP contribution in [0.2, 0.25) is 0 Å². The van der Waals surface area contributed by atoms with Crippen LogP contribution in [0.25, 0.3) is 0 Å². The summed E-state index contributed by atoms with van der Waals surface area (Å²) in [5, 5.41) is 18.7. The summed E-state index contributed by atoms with van der Waals surface area (Å²) in [5.74, 6) is -1.04. The molecular weight excluding hydrogens is 248 g/mol. The van der Waals surface area contributed by atoms with Crippen LogP contribution in [0.1, 0.15) is 38.5 Å². The lowest BCUT2D eigenvalue weighted by Crippen LogP contribution is -2.50. The van der Waals surface area contributed by atoms with E-state index in [1.165, 1.54) is 11.3 Å². The van der Waals surface area contributed by atoms with Crippen molar-refractivity contribution < 1.29 is 19.8 Å². The molecule has 1 saturated heterocycles. The minimum Gasteiger partial charge on any atom is -0.480 e. The number of hydrogen-bond donors (Lipinski definition) is 2. The molecule has 1 aliphatic carbocycles. The number of hydrogen-bond acceptors (Lipinski definition) is 3. The van der Waals surface area contributed by atoms with Crippen LogP contribution in [-0.2, 0) is 4.79 Å².